The number of benzene rings is 1. The molecule has 1 heterocycles. The molecule has 279 valence electrons. The predicted molar refractivity (Wildman–Crippen MR) is 178 cm³/mol. The zero-order valence-electron chi connectivity index (χ0n) is 28.7. The Morgan fingerprint density at radius 2 is 1.30 bits per heavy atom. The number of carbonyl (C=O) groups is 6. The third kappa shape index (κ3) is 14.7. The average Bonchev–Trinajstić information content (AvgIpc) is 3.57. The fraction of sp³-hybridized carbons (Fsp3) is 0.545. The van der Waals surface area contributed by atoms with Crippen LogP contribution in [-0.4, -0.2) is 83.8 Å². The number of unbranched alkanes of at least 4 members (excludes halogenated alkanes) is 1. The van der Waals surface area contributed by atoms with Crippen molar-refractivity contribution in [3.8, 4) is 0 Å². The Morgan fingerprint density at radius 1 is 0.740 bits per heavy atom. The number of amides is 5. The fourth-order valence-corrected chi connectivity index (χ4v) is 4.93. The molecule has 50 heavy (non-hydrogen) atoms. The normalized spacial score (nSPS) is 13.9. The predicted octanol–water partition coefficient (Wildman–Crippen LogP) is -2.60. The summed E-state index contributed by atoms with van der Waals surface area (Å²) in [6, 6.07) is 2.96. The van der Waals surface area contributed by atoms with Gasteiger partial charge in [-0.15, -0.1) is 0 Å². The largest absolute Gasteiger partial charge is 2.00 e. The number of hydrogen-bond acceptors (Lipinski definition) is 10. The number of nitrogens with zero attached hydrogens (tertiary/aromatic N) is 2. The second-order valence-corrected chi connectivity index (χ2v) is 12.4. The zero-order chi connectivity index (χ0) is 36.5. The minimum absolute atomic E-state index is 0. The van der Waals surface area contributed by atoms with E-state index in [9.17, 15) is 33.9 Å². The van der Waals surface area contributed by atoms with E-state index in [1.807, 2.05) is 0 Å². The quantitative estimate of drug-likeness (QED) is 0.0514. The van der Waals surface area contributed by atoms with Crippen LogP contribution in [0.1, 0.15) is 58.2 Å². The molecule has 0 fully saturated rings. The van der Waals surface area contributed by atoms with E-state index < -0.39 is 77.6 Å². The van der Waals surface area contributed by atoms with Crippen molar-refractivity contribution >= 4 is 35.5 Å². The molecule has 2 aromatic rings. The van der Waals surface area contributed by atoms with Gasteiger partial charge in [-0.1, -0.05) is 76.2 Å². The van der Waals surface area contributed by atoms with Crippen molar-refractivity contribution in [2.45, 2.75) is 90.0 Å². The number of carboxylic acids is 1. The molecule has 0 aliphatic rings. The fourth-order valence-electron chi connectivity index (χ4n) is 4.93. The van der Waals surface area contributed by atoms with Gasteiger partial charge in [-0.05, 0) is 49.6 Å². The molecule has 1 aromatic carbocycles. The van der Waals surface area contributed by atoms with E-state index in [0.29, 0.717) is 30.6 Å². The molecule has 16 nitrogen and oxygen atoms in total. The maximum atomic E-state index is 13.7. The van der Waals surface area contributed by atoms with Crippen LogP contribution in [0.4, 0.5) is 0 Å². The first-order valence-electron chi connectivity index (χ1n) is 16.3. The summed E-state index contributed by atoms with van der Waals surface area (Å²) < 4.78 is 0. The van der Waals surface area contributed by atoms with Gasteiger partial charge >= 0.3 is 17.1 Å². The molecule has 0 bridgehead atoms. The summed E-state index contributed by atoms with van der Waals surface area (Å²) in [4.78, 5) is 85.9. The van der Waals surface area contributed by atoms with Crippen LogP contribution in [0.15, 0.2) is 42.9 Å². The molecule has 0 spiro atoms. The van der Waals surface area contributed by atoms with Crippen molar-refractivity contribution in [3.63, 3.8) is 0 Å². The van der Waals surface area contributed by atoms with E-state index in [0.717, 1.165) is 0 Å². The van der Waals surface area contributed by atoms with Gasteiger partial charge in [0, 0.05) is 6.42 Å². The van der Waals surface area contributed by atoms with Gasteiger partial charge in [0.1, 0.15) is 24.2 Å². The second kappa shape index (κ2) is 22.4. The minimum Gasteiger partial charge on any atom is -0.548 e. The number of rotatable bonds is 21. The number of carboxylic acid groups (broad SMARTS) is 1. The zero-order valence-corrected chi connectivity index (χ0v) is 29.7. The van der Waals surface area contributed by atoms with Crippen LogP contribution in [0, 0.1) is 11.8 Å². The molecule has 0 unspecified atom stereocenters. The molecule has 9 N–H and O–H groups in total. The first kappa shape index (κ1) is 43.7. The van der Waals surface area contributed by atoms with E-state index in [-0.39, 0.29) is 42.9 Å². The van der Waals surface area contributed by atoms with Crippen molar-refractivity contribution in [1.29, 1.82) is 0 Å². The van der Waals surface area contributed by atoms with Crippen molar-refractivity contribution in [3.05, 3.63) is 54.1 Å². The van der Waals surface area contributed by atoms with Gasteiger partial charge in [0.25, 0.3) is 0 Å². The van der Waals surface area contributed by atoms with Crippen molar-refractivity contribution in [2.24, 2.45) is 23.3 Å². The number of aliphatic carboxylic acids is 1. The molecular formula is C33H49CuN9O7. The number of aromatic nitrogens is 2. The summed E-state index contributed by atoms with van der Waals surface area (Å²) in [6.07, 6.45) is 3.98. The molecule has 0 saturated carbocycles. The van der Waals surface area contributed by atoms with Gasteiger partial charge in [-0.25, -0.2) is 0 Å². The smallest absolute Gasteiger partial charge is 0.548 e. The topological polar surface area (TPSA) is 265 Å². The van der Waals surface area contributed by atoms with E-state index in [2.05, 4.69) is 36.6 Å². The molecular weight excluding hydrogens is 698 g/mol. The minimum atomic E-state index is -1.46. The molecule has 1 radical (unpaired) electrons. The monoisotopic (exact) mass is 746 g/mol. The Hall–Kier alpha value is -4.31. The van der Waals surface area contributed by atoms with Crippen LogP contribution >= 0.6 is 0 Å². The first-order chi connectivity index (χ1) is 23.3. The van der Waals surface area contributed by atoms with Gasteiger partial charge in [0.15, 0.2) is 0 Å². The van der Waals surface area contributed by atoms with Crippen LogP contribution in [0.5, 0.6) is 0 Å². The SMILES string of the molecule is CC(C)[C@H](NC(=O)[C@H](Cc1ccccc1)NC(=O)[C@@H](NC(=O)[C@H](CCCCN)NC(=O)[C@H](Cc1c[n-]cn1)NC(=O)CN)C(C)C)C(=O)[O-].[Cu+2]. The molecule has 5 amide bonds. The third-order valence-electron chi connectivity index (χ3n) is 7.72. The number of hydrogen-bond donors (Lipinski definition) is 7. The van der Waals surface area contributed by atoms with Gasteiger partial charge in [-0.2, -0.15) is 0 Å². The Bertz CT molecular complexity index is 1380. The van der Waals surface area contributed by atoms with Gasteiger partial charge in [-0.3, -0.25) is 24.0 Å². The maximum absolute atomic E-state index is 13.7. The van der Waals surface area contributed by atoms with Crippen LogP contribution < -0.4 is 48.1 Å². The van der Waals surface area contributed by atoms with E-state index >= 15 is 0 Å². The van der Waals surface area contributed by atoms with Crippen LogP contribution in [0.2, 0.25) is 0 Å². The molecule has 0 aliphatic carbocycles. The van der Waals surface area contributed by atoms with Gasteiger partial charge in [0.2, 0.25) is 29.5 Å². The first-order valence-corrected chi connectivity index (χ1v) is 16.3. The maximum Gasteiger partial charge on any atom is 2.00 e. The standard InChI is InChI=1S/C33H51N9O7.Cu/c1-19(2)27(32(47)40-24(14-21-10-6-5-7-11-21)31(46)42-28(20(3)4)33(48)49)41-29(44)23(12-8-9-13-34)39-30(45)25(38-26(43)16-35)15-22-17-36-18-37-22;/h5-7,10-11,17-20,23-25,27-28H,8-9,12-16,34-35H2,1-4H3,(H7,36,37,38,39,40,41,42,43,44,45,46,47,48,49);/q;+2/p-2/t23-,24-,25-,27-,28-;/m0./s1. The number of nitrogens with two attached hydrogens (primary N) is 2. The summed E-state index contributed by atoms with van der Waals surface area (Å²) in [5, 5.41) is 24.8. The van der Waals surface area contributed by atoms with Gasteiger partial charge in [0.05, 0.1) is 18.6 Å². The average molecular weight is 747 g/mol. The summed E-state index contributed by atoms with van der Waals surface area (Å²) in [5.74, 6) is -5.78. The number of imidazole rings is 1. The molecule has 2 rings (SSSR count). The van der Waals surface area contributed by atoms with E-state index in [1.165, 1.54) is 12.5 Å². The Kier molecular flexibility index (Phi) is 19.6. The second-order valence-electron chi connectivity index (χ2n) is 12.4. The van der Waals surface area contributed by atoms with Crippen LogP contribution in [0.3, 0.4) is 0 Å². The Balaban J connectivity index is 0.0000125. The Morgan fingerprint density at radius 3 is 1.84 bits per heavy atom. The number of carbonyl (C=O) groups excluding carboxylic acids is 6. The molecule has 1 aromatic heterocycles. The molecule has 0 saturated heterocycles. The molecule has 0 aliphatic heterocycles. The van der Waals surface area contributed by atoms with Crippen molar-refractivity contribution < 1.29 is 50.9 Å². The van der Waals surface area contributed by atoms with Crippen LogP contribution in [0.25, 0.3) is 0 Å². The molecule has 17 heteroatoms. The Labute approximate surface area is 302 Å². The molecule has 5 atom stereocenters. The van der Waals surface area contributed by atoms with Crippen molar-refractivity contribution in [1.82, 2.24) is 36.6 Å². The summed E-state index contributed by atoms with van der Waals surface area (Å²) in [6.45, 7) is 6.61. The van der Waals surface area contributed by atoms with Crippen LogP contribution in [-0.2, 0) is 58.7 Å². The van der Waals surface area contributed by atoms with Crippen molar-refractivity contribution in [2.75, 3.05) is 13.1 Å². The van der Waals surface area contributed by atoms with E-state index in [1.54, 1.807) is 58.0 Å². The summed E-state index contributed by atoms with van der Waals surface area (Å²) >= 11 is 0. The third-order valence-corrected chi connectivity index (χ3v) is 7.72. The van der Waals surface area contributed by atoms with E-state index in [4.69, 9.17) is 11.5 Å². The number of nitrogens with one attached hydrogen (secondary N) is 5. The van der Waals surface area contributed by atoms with Gasteiger partial charge < -0.3 is 57.9 Å². The summed E-state index contributed by atoms with van der Waals surface area (Å²) in [5.41, 5.74) is 12.2. The summed E-state index contributed by atoms with van der Waals surface area (Å²) in [7, 11) is 0.